The highest BCUT2D eigenvalue weighted by atomic mass is 16.5. The van der Waals surface area contributed by atoms with Gasteiger partial charge in [0, 0.05) is 11.6 Å². The number of aryl methyl sites for hydroxylation is 1. The van der Waals surface area contributed by atoms with Crippen LogP contribution in [0.1, 0.15) is 34.7 Å². The number of carbonyl (C=O) groups is 1. The third kappa shape index (κ3) is 4.59. The zero-order valence-corrected chi connectivity index (χ0v) is 18.5. The van der Waals surface area contributed by atoms with Gasteiger partial charge in [0.25, 0.3) is 5.91 Å². The third-order valence-corrected chi connectivity index (χ3v) is 5.43. The largest absolute Gasteiger partial charge is 0.497 e. The Bertz CT molecular complexity index is 1230. The summed E-state index contributed by atoms with van der Waals surface area (Å²) in [5.74, 6) is 2.18. The summed E-state index contributed by atoms with van der Waals surface area (Å²) in [6.45, 7) is 4.94. The zero-order valence-electron chi connectivity index (χ0n) is 18.5. The van der Waals surface area contributed by atoms with E-state index in [4.69, 9.17) is 14.5 Å². The highest BCUT2D eigenvalue weighted by molar-refractivity contribution is 5.95. The lowest BCUT2D eigenvalue weighted by atomic mass is 10.1. The molecule has 1 heterocycles. The normalized spacial score (nSPS) is 11.8. The van der Waals surface area contributed by atoms with Gasteiger partial charge < -0.3 is 19.4 Å². The van der Waals surface area contributed by atoms with Crippen LogP contribution in [0.2, 0.25) is 0 Å². The van der Waals surface area contributed by atoms with E-state index in [0.717, 1.165) is 33.9 Å². The van der Waals surface area contributed by atoms with Gasteiger partial charge in [0.2, 0.25) is 0 Å². The molecule has 164 valence electrons. The first-order chi connectivity index (χ1) is 15.6. The molecule has 0 radical (unpaired) electrons. The number of fused-ring (bicyclic) bond motifs is 1. The van der Waals surface area contributed by atoms with Gasteiger partial charge in [-0.05, 0) is 49.7 Å². The monoisotopic (exact) mass is 429 g/mol. The number of rotatable bonds is 8. The molecule has 0 aliphatic carbocycles. The summed E-state index contributed by atoms with van der Waals surface area (Å²) in [4.78, 5) is 17.7. The smallest absolute Gasteiger partial charge is 0.252 e. The van der Waals surface area contributed by atoms with Crippen LogP contribution in [0.15, 0.2) is 72.8 Å². The predicted molar refractivity (Wildman–Crippen MR) is 125 cm³/mol. The molecular formula is C26H27N3O3. The van der Waals surface area contributed by atoms with Crippen molar-refractivity contribution in [2.75, 3.05) is 13.7 Å². The van der Waals surface area contributed by atoms with Crippen LogP contribution >= 0.6 is 0 Å². The van der Waals surface area contributed by atoms with Crippen molar-refractivity contribution in [2.24, 2.45) is 0 Å². The Balaban J connectivity index is 1.54. The van der Waals surface area contributed by atoms with Crippen LogP contribution in [0.3, 0.4) is 0 Å². The summed E-state index contributed by atoms with van der Waals surface area (Å²) < 4.78 is 13.3. The molecule has 0 aliphatic rings. The lowest BCUT2D eigenvalue weighted by Gasteiger charge is -2.17. The minimum atomic E-state index is -0.272. The lowest BCUT2D eigenvalue weighted by molar-refractivity contribution is 0.0937. The van der Waals surface area contributed by atoms with Gasteiger partial charge in [-0.1, -0.05) is 36.4 Å². The number of ether oxygens (including phenoxy) is 2. The second-order valence-corrected chi connectivity index (χ2v) is 7.65. The first-order valence-electron chi connectivity index (χ1n) is 10.7. The Hall–Kier alpha value is -3.80. The molecule has 1 unspecified atom stereocenters. The maximum Gasteiger partial charge on any atom is 0.252 e. The summed E-state index contributed by atoms with van der Waals surface area (Å²) >= 11 is 0. The van der Waals surface area contributed by atoms with Gasteiger partial charge in [0.1, 0.15) is 23.9 Å². The molecule has 4 aromatic rings. The summed E-state index contributed by atoms with van der Waals surface area (Å²) in [5.41, 5.74) is 3.51. The van der Waals surface area contributed by atoms with Gasteiger partial charge in [-0.2, -0.15) is 0 Å². The summed E-state index contributed by atoms with van der Waals surface area (Å²) in [6.07, 6.45) is 0. The van der Waals surface area contributed by atoms with Gasteiger partial charge >= 0.3 is 0 Å². The van der Waals surface area contributed by atoms with E-state index < -0.39 is 0 Å². The first kappa shape index (κ1) is 21.4. The van der Waals surface area contributed by atoms with Gasteiger partial charge in [-0.25, -0.2) is 4.98 Å². The zero-order chi connectivity index (χ0) is 22.5. The summed E-state index contributed by atoms with van der Waals surface area (Å²) in [5, 5.41) is 3.10. The van der Waals surface area contributed by atoms with E-state index in [-0.39, 0.29) is 11.9 Å². The number of para-hydroxylation sites is 2. The molecule has 4 rings (SSSR count). The summed E-state index contributed by atoms with van der Waals surface area (Å²) in [6, 6.07) is 22.8. The lowest BCUT2D eigenvalue weighted by Crippen LogP contribution is -2.29. The van der Waals surface area contributed by atoms with Gasteiger partial charge in [-0.15, -0.1) is 0 Å². The Morgan fingerprint density at radius 2 is 1.78 bits per heavy atom. The molecule has 1 atom stereocenters. The number of nitrogens with zero attached hydrogens (tertiary/aromatic N) is 2. The first-order valence-corrected chi connectivity index (χ1v) is 10.7. The second-order valence-electron chi connectivity index (χ2n) is 7.65. The van der Waals surface area contributed by atoms with Crippen LogP contribution in [0.25, 0.3) is 11.0 Å². The van der Waals surface area contributed by atoms with E-state index in [9.17, 15) is 4.79 Å². The summed E-state index contributed by atoms with van der Waals surface area (Å²) in [7, 11) is 1.63. The fraction of sp³-hybridized carbons (Fsp3) is 0.231. The number of imidazole rings is 1. The molecule has 0 aliphatic heterocycles. The number of hydrogen-bond donors (Lipinski definition) is 1. The molecule has 1 amide bonds. The standard InChI is InChI=1S/C26H27N3O3/c1-18-9-4-5-12-22(18)26(30)27-19(2)25-28-23-13-6-7-14-24(23)29(25)15-16-32-21-11-8-10-20(17-21)31-3/h4-14,17,19H,15-16H2,1-3H3,(H,27,30). The topological polar surface area (TPSA) is 65.4 Å². The fourth-order valence-electron chi connectivity index (χ4n) is 3.77. The number of aromatic nitrogens is 2. The third-order valence-electron chi connectivity index (χ3n) is 5.43. The molecule has 0 fully saturated rings. The van der Waals surface area contributed by atoms with Crippen LogP contribution in [0.4, 0.5) is 0 Å². The van der Waals surface area contributed by atoms with Crippen molar-refractivity contribution < 1.29 is 14.3 Å². The van der Waals surface area contributed by atoms with Crippen molar-refractivity contribution in [3.8, 4) is 11.5 Å². The molecule has 6 heteroatoms. The van der Waals surface area contributed by atoms with E-state index in [1.165, 1.54) is 0 Å². The minimum Gasteiger partial charge on any atom is -0.497 e. The maximum atomic E-state index is 12.9. The van der Waals surface area contributed by atoms with Crippen LogP contribution in [0.5, 0.6) is 11.5 Å². The highest BCUT2D eigenvalue weighted by Crippen LogP contribution is 2.23. The van der Waals surface area contributed by atoms with Crippen molar-refractivity contribution in [3.63, 3.8) is 0 Å². The number of nitrogens with one attached hydrogen (secondary N) is 1. The maximum absolute atomic E-state index is 12.9. The Morgan fingerprint density at radius 3 is 2.59 bits per heavy atom. The van der Waals surface area contributed by atoms with Crippen molar-refractivity contribution in [1.82, 2.24) is 14.9 Å². The SMILES string of the molecule is COc1cccc(OCCn2c(C(C)NC(=O)c3ccccc3C)nc3ccccc32)c1. The average molecular weight is 430 g/mol. The van der Waals surface area contributed by atoms with Crippen molar-refractivity contribution in [1.29, 1.82) is 0 Å². The van der Waals surface area contributed by atoms with Crippen LogP contribution in [-0.2, 0) is 6.54 Å². The number of hydrogen-bond acceptors (Lipinski definition) is 4. The van der Waals surface area contributed by atoms with Crippen molar-refractivity contribution in [3.05, 3.63) is 89.7 Å². The molecule has 6 nitrogen and oxygen atoms in total. The van der Waals surface area contributed by atoms with Crippen LogP contribution in [0, 0.1) is 6.92 Å². The molecule has 1 N–H and O–H groups in total. The van der Waals surface area contributed by atoms with E-state index >= 15 is 0 Å². The molecule has 1 aromatic heterocycles. The molecular weight excluding hydrogens is 402 g/mol. The van der Waals surface area contributed by atoms with Gasteiger partial charge in [-0.3, -0.25) is 4.79 Å². The van der Waals surface area contributed by atoms with Crippen molar-refractivity contribution in [2.45, 2.75) is 26.4 Å². The number of benzene rings is 3. The van der Waals surface area contributed by atoms with E-state index in [1.54, 1.807) is 7.11 Å². The fourth-order valence-corrected chi connectivity index (χ4v) is 3.77. The number of carbonyl (C=O) groups excluding carboxylic acids is 1. The van der Waals surface area contributed by atoms with E-state index in [0.29, 0.717) is 18.7 Å². The predicted octanol–water partition coefficient (Wildman–Crippen LogP) is 4.92. The Kier molecular flexibility index (Phi) is 6.40. The molecule has 0 spiro atoms. The van der Waals surface area contributed by atoms with E-state index in [1.807, 2.05) is 86.6 Å². The molecule has 0 saturated carbocycles. The van der Waals surface area contributed by atoms with Gasteiger partial charge in [0.05, 0.1) is 30.7 Å². The van der Waals surface area contributed by atoms with E-state index in [2.05, 4.69) is 9.88 Å². The Labute approximate surface area is 187 Å². The van der Waals surface area contributed by atoms with Gasteiger partial charge in [0.15, 0.2) is 0 Å². The van der Waals surface area contributed by atoms with Crippen LogP contribution in [-0.4, -0.2) is 29.2 Å². The Morgan fingerprint density at radius 1 is 1.03 bits per heavy atom. The number of methoxy groups -OCH3 is 1. The van der Waals surface area contributed by atoms with Crippen LogP contribution < -0.4 is 14.8 Å². The average Bonchev–Trinajstić information content (AvgIpc) is 3.18. The minimum absolute atomic E-state index is 0.109. The molecule has 0 bridgehead atoms. The molecule has 32 heavy (non-hydrogen) atoms. The van der Waals surface area contributed by atoms with Crippen molar-refractivity contribution >= 4 is 16.9 Å². The molecule has 0 saturated heterocycles. The highest BCUT2D eigenvalue weighted by Gasteiger charge is 2.19. The quantitative estimate of drug-likeness (QED) is 0.432. The molecule has 3 aromatic carbocycles. The second kappa shape index (κ2) is 9.56. The number of amides is 1.